The summed E-state index contributed by atoms with van der Waals surface area (Å²) < 4.78 is 34.1. The molecule has 4 rings (SSSR count). The van der Waals surface area contributed by atoms with Crippen molar-refractivity contribution in [2.24, 2.45) is 5.92 Å². The number of ether oxygens (including phenoxy) is 1. The highest BCUT2D eigenvalue weighted by molar-refractivity contribution is 7.89. The third-order valence-electron chi connectivity index (χ3n) is 7.22. The minimum Gasteiger partial charge on any atom is -0.487 e. The molecule has 2 atom stereocenters. The highest BCUT2D eigenvalue weighted by atomic mass is 32.2. The number of rotatable bonds is 6. The molecule has 2 aliphatic heterocycles. The molecule has 7 heteroatoms. The van der Waals surface area contributed by atoms with E-state index in [1.54, 1.807) is 24.3 Å². The minimum atomic E-state index is -3.62. The van der Waals surface area contributed by atoms with E-state index in [4.69, 9.17) is 4.74 Å². The molecule has 2 aromatic carbocycles. The lowest BCUT2D eigenvalue weighted by molar-refractivity contribution is -0.127. The fourth-order valence-corrected chi connectivity index (χ4v) is 6.48. The second-order valence-corrected chi connectivity index (χ2v) is 11.2. The van der Waals surface area contributed by atoms with Crippen LogP contribution in [0.2, 0.25) is 0 Å². The number of nitrogens with one attached hydrogen (secondary N) is 1. The third kappa shape index (κ3) is 4.80. The lowest BCUT2D eigenvalue weighted by Crippen LogP contribution is -2.49. The number of carbonyl (C=O) groups is 1. The Labute approximate surface area is 197 Å². The normalized spacial score (nSPS) is 22.8. The predicted octanol–water partition coefficient (Wildman–Crippen LogP) is 4.59. The van der Waals surface area contributed by atoms with Crippen LogP contribution in [0.1, 0.15) is 63.1 Å². The van der Waals surface area contributed by atoms with E-state index >= 15 is 0 Å². The Balaban J connectivity index is 1.51. The SMILES string of the molecule is CCC1(CC)CC(NC(=O)C2CCCN(S(=O)(=O)c3ccc(C)cc3)C2)c2ccccc2O1. The van der Waals surface area contributed by atoms with E-state index in [0.29, 0.717) is 25.8 Å². The van der Waals surface area contributed by atoms with Crippen molar-refractivity contribution in [1.82, 2.24) is 9.62 Å². The highest BCUT2D eigenvalue weighted by Gasteiger charge is 2.40. The molecule has 2 heterocycles. The molecule has 1 saturated heterocycles. The number of sulfonamides is 1. The Morgan fingerprint density at radius 3 is 2.52 bits per heavy atom. The Bertz CT molecular complexity index is 1090. The van der Waals surface area contributed by atoms with Crippen molar-refractivity contribution in [2.75, 3.05) is 13.1 Å². The van der Waals surface area contributed by atoms with Crippen LogP contribution in [0.4, 0.5) is 0 Å². The van der Waals surface area contributed by atoms with E-state index in [9.17, 15) is 13.2 Å². The van der Waals surface area contributed by atoms with Gasteiger partial charge in [0.1, 0.15) is 11.4 Å². The standard InChI is InChI=1S/C26H34N2O4S/c1-4-26(5-2)17-23(22-10-6-7-11-24(22)32-26)27-25(29)20-9-8-16-28(18-20)33(30,31)21-14-12-19(3)13-15-21/h6-7,10-15,20,23H,4-5,8-9,16-18H2,1-3H3,(H,27,29). The van der Waals surface area contributed by atoms with Gasteiger partial charge in [-0.1, -0.05) is 49.7 Å². The van der Waals surface area contributed by atoms with E-state index in [-0.39, 0.29) is 34.9 Å². The number of benzene rings is 2. The summed E-state index contributed by atoms with van der Waals surface area (Å²) in [6, 6.07) is 14.6. The highest BCUT2D eigenvalue weighted by Crippen LogP contribution is 2.42. The average molecular weight is 471 g/mol. The molecule has 0 aliphatic carbocycles. The first-order valence-corrected chi connectivity index (χ1v) is 13.4. The van der Waals surface area contributed by atoms with Crippen LogP contribution in [-0.2, 0) is 14.8 Å². The quantitative estimate of drug-likeness (QED) is 0.670. The van der Waals surface area contributed by atoms with Gasteiger partial charge < -0.3 is 10.1 Å². The van der Waals surface area contributed by atoms with Crippen LogP contribution in [0, 0.1) is 12.8 Å². The minimum absolute atomic E-state index is 0.0818. The number of aryl methyl sites for hydroxylation is 1. The number of hydrogen-bond donors (Lipinski definition) is 1. The van der Waals surface area contributed by atoms with Crippen molar-refractivity contribution in [1.29, 1.82) is 0 Å². The van der Waals surface area contributed by atoms with E-state index in [2.05, 4.69) is 19.2 Å². The maximum Gasteiger partial charge on any atom is 0.243 e. The Kier molecular flexibility index (Phi) is 6.82. The second kappa shape index (κ2) is 9.47. The van der Waals surface area contributed by atoms with Crippen LogP contribution < -0.4 is 10.1 Å². The zero-order valence-corrected chi connectivity index (χ0v) is 20.5. The Morgan fingerprint density at radius 2 is 1.82 bits per heavy atom. The molecule has 178 valence electrons. The Hall–Kier alpha value is -2.38. The molecule has 2 unspecified atom stereocenters. The van der Waals surface area contributed by atoms with Crippen molar-refractivity contribution in [3.63, 3.8) is 0 Å². The fourth-order valence-electron chi connectivity index (χ4n) is 4.95. The molecule has 2 aliphatic rings. The molecule has 33 heavy (non-hydrogen) atoms. The number of nitrogens with zero attached hydrogens (tertiary/aromatic N) is 1. The summed E-state index contributed by atoms with van der Waals surface area (Å²) in [4.78, 5) is 13.6. The first kappa shape index (κ1) is 23.8. The van der Waals surface area contributed by atoms with E-state index in [1.165, 1.54) is 4.31 Å². The van der Waals surface area contributed by atoms with Crippen LogP contribution in [0.5, 0.6) is 5.75 Å². The summed E-state index contributed by atoms with van der Waals surface area (Å²) in [7, 11) is -3.62. The number of fused-ring (bicyclic) bond motifs is 1. The van der Waals surface area contributed by atoms with Crippen LogP contribution in [-0.4, -0.2) is 37.3 Å². The molecule has 1 amide bonds. The van der Waals surface area contributed by atoms with Gasteiger partial charge in [0.2, 0.25) is 15.9 Å². The second-order valence-electron chi connectivity index (χ2n) is 9.31. The van der Waals surface area contributed by atoms with Crippen LogP contribution in [0.25, 0.3) is 0 Å². The smallest absolute Gasteiger partial charge is 0.243 e. The zero-order chi connectivity index (χ0) is 23.6. The molecule has 0 spiro atoms. The van der Waals surface area contributed by atoms with Crippen molar-refractivity contribution in [3.8, 4) is 5.75 Å². The van der Waals surface area contributed by atoms with Crippen molar-refractivity contribution in [2.45, 2.75) is 69.4 Å². The van der Waals surface area contributed by atoms with Gasteiger partial charge in [-0.3, -0.25) is 4.79 Å². The number of para-hydroxylation sites is 1. The molecule has 6 nitrogen and oxygen atoms in total. The third-order valence-corrected chi connectivity index (χ3v) is 9.10. The average Bonchev–Trinajstić information content (AvgIpc) is 2.84. The first-order chi connectivity index (χ1) is 15.8. The van der Waals surface area contributed by atoms with Gasteiger partial charge in [-0.2, -0.15) is 4.31 Å². The Morgan fingerprint density at radius 1 is 1.12 bits per heavy atom. The van der Waals surface area contributed by atoms with Gasteiger partial charge in [0.25, 0.3) is 0 Å². The topological polar surface area (TPSA) is 75.7 Å². The largest absolute Gasteiger partial charge is 0.487 e. The molecule has 0 bridgehead atoms. The summed E-state index contributed by atoms with van der Waals surface area (Å²) in [5.41, 5.74) is 1.69. The van der Waals surface area contributed by atoms with Crippen molar-refractivity contribution < 1.29 is 17.9 Å². The van der Waals surface area contributed by atoms with Gasteiger partial charge in [0, 0.05) is 25.1 Å². The molecule has 0 radical (unpaired) electrons. The van der Waals surface area contributed by atoms with Gasteiger partial charge in [-0.25, -0.2) is 8.42 Å². The molecule has 0 aromatic heterocycles. The van der Waals surface area contributed by atoms with Gasteiger partial charge in [0.05, 0.1) is 16.9 Å². The summed E-state index contributed by atoms with van der Waals surface area (Å²) in [5, 5.41) is 3.25. The lowest BCUT2D eigenvalue weighted by atomic mass is 9.83. The fraction of sp³-hybridized carbons (Fsp3) is 0.500. The van der Waals surface area contributed by atoms with Crippen LogP contribution in [0.3, 0.4) is 0 Å². The van der Waals surface area contributed by atoms with Gasteiger partial charge in [-0.05, 0) is 50.8 Å². The van der Waals surface area contributed by atoms with E-state index < -0.39 is 10.0 Å². The molecule has 2 aromatic rings. The summed E-state index contributed by atoms with van der Waals surface area (Å²) in [6.45, 7) is 6.81. The van der Waals surface area contributed by atoms with Gasteiger partial charge in [-0.15, -0.1) is 0 Å². The predicted molar refractivity (Wildman–Crippen MR) is 129 cm³/mol. The lowest BCUT2D eigenvalue weighted by Gasteiger charge is -2.42. The zero-order valence-electron chi connectivity index (χ0n) is 19.7. The monoisotopic (exact) mass is 470 g/mol. The molecular formula is C26H34N2O4S. The van der Waals surface area contributed by atoms with Gasteiger partial charge >= 0.3 is 0 Å². The number of amides is 1. The summed E-state index contributed by atoms with van der Waals surface area (Å²) >= 11 is 0. The van der Waals surface area contributed by atoms with Crippen LogP contribution in [0.15, 0.2) is 53.4 Å². The van der Waals surface area contributed by atoms with E-state index in [0.717, 1.165) is 29.7 Å². The van der Waals surface area contributed by atoms with E-state index in [1.807, 2.05) is 31.2 Å². The summed E-state index contributed by atoms with van der Waals surface area (Å²) in [6.07, 6.45) is 3.78. The van der Waals surface area contributed by atoms with Crippen molar-refractivity contribution in [3.05, 3.63) is 59.7 Å². The number of hydrogen-bond acceptors (Lipinski definition) is 4. The van der Waals surface area contributed by atoms with Gasteiger partial charge in [0.15, 0.2) is 0 Å². The maximum atomic E-state index is 13.3. The van der Waals surface area contributed by atoms with Crippen LogP contribution >= 0.6 is 0 Å². The maximum absolute atomic E-state index is 13.3. The molecule has 0 saturated carbocycles. The number of carbonyl (C=O) groups excluding carboxylic acids is 1. The first-order valence-electron chi connectivity index (χ1n) is 11.9. The molecule has 1 fully saturated rings. The van der Waals surface area contributed by atoms with Crippen molar-refractivity contribution >= 4 is 15.9 Å². The summed E-state index contributed by atoms with van der Waals surface area (Å²) in [5.74, 6) is 0.373. The number of piperidine rings is 1. The molecular weight excluding hydrogens is 436 g/mol. The molecule has 1 N–H and O–H groups in total.